The normalized spacial score (nSPS) is 21.2. The van der Waals surface area contributed by atoms with Gasteiger partial charge in [0.15, 0.2) is 0 Å². The minimum absolute atomic E-state index is 0.310. The molecular formula is C57H45N2+. The third-order valence-electron chi connectivity index (χ3n) is 10.9. The zero-order valence-corrected chi connectivity index (χ0v) is 30.9. The molecule has 0 atom stereocenters. The van der Waals surface area contributed by atoms with Crippen molar-refractivity contribution in [2.24, 2.45) is 0 Å². The summed E-state index contributed by atoms with van der Waals surface area (Å²) in [6, 6.07) is 19.2. The highest BCUT2D eigenvalue weighted by Gasteiger charge is 2.38. The lowest BCUT2D eigenvalue weighted by molar-refractivity contribution is 0.568. The Morgan fingerprint density at radius 2 is 1.08 bits per heavy atom. The van der Waals surface area contributed by atoms with Crippen molar-refractivity contribution in [2.45, 2.75) is 19.1 Å². The molecule has 11 rings (SSSR count). The third kappa shape index (κ3) is 5.52. The Morgan fingerprint density at radius 3 is 1.88 bits per heavy atom. The molecule has 59 heavy (non-hydrogen) atoms. The van der Waals surface area contributed by atoms with Crippen LogP contribution >= 0.6 is 0 Å². The summed E-state index contributed by atoms with van der Waals surface area (Å²) in [4.78, 5) is 0.715. The van der Waals surface area contributed by atoms with Crippen LogP contribution in [0.3, 0.4) is 0 Å². The molecule has 282 valence electrons. The lowest BCUT2D eigenvalue weighted by Gasteiger charge is -2.30. The second-order valence-electron chi connectivity index (χ2n) is 14.4. The minimum atomic E-state index is -3.94. The van der Waals surface area contributed by atoms with E-state index in [0.29, 0.717) is 16.0 Å². The predicted molar refractivity (Wildman–Crippen MR) is 251 cm³/mol. The van der Waals surface area contributed by atoms with Gasteiger partial charge in [0, 0.05) is 48.2 Å². The number of rotatable bonds is 6. The molecular weight excluding hydrogens is 713 g/mol. The van der Waals surface area contributed by atoms with E-state index >= 15 is 0 Å². The van der Waals surface area contributed by atoms with Gasteiger partial charge in [0.1, 0.15) is 11.4 Å². The van der Waals surface area contributed by atoms with Gasteiger partial charge in [-0.1, -0.05) is 159 Å². The molecule has 2 heteroatoms. The molecule has 0 unspecified atom stereocenters. The van der Waals surface area contributed by atoms with Gasteiger partial charge in [-0.3, -0.25) is 4.48 Å². The van der Waals surface area contributed by atoms with Gasteiger partial charge in [-0.15, -0.1) is 0 Å². The largest absolute Gasteiger partial charge is 0.310 e. The molecule has 0 N–H and O–H groups in total. The summed E-state index contributed by atoms with van der Waals surface area (Å²) in [5.74, 6) is 0. The molecule has 0 bridgehead atoms. The molecule has 1 aliphatic carbocycles. The Labute approximate surface area is 384 Å². The van der Waals surface area contributed by atoms with Crippen molar-refractivity contribution in [1.82, 2.24) is 4.48 Å². The van der Waals surface area contributed by atoms with E-state index in [1.54, 1.807) is 12.1 Å². The van der Waals surface area contributed by atoms with E-state index in [0.717, 1.165) is 33.0 Å². The summed E-state index contributed by atoms with van der Waals surface area (Å²) < 4.78 is 236. The van der Waals surface area contributed by atoms with E-state index in [1.807, 2.05) is 91.0 Å². The smallest absolute Gasteiger partial charge is 0.147 e. The Morgan fingerprint density at radius 1 is 0.458 bits per heavy atom. The number of hydrogen-bond acceptors (Lipinski definition) is 1. The van der Waals surface area contributed by atoms with Gasteiger partial charge < -0.3 is 4.90 Å². The fraction of sp³-hybridized carbons (Fsp3) is 0.0877. The molecule has 0 amide bonds. The lowest BCUT2D eigenvalue weighted by atomic mass is 9.82. The highest BCUT2D eigenvalue weighted by Crippen LogP contribution is 2.54. The standard InChI is InChI=1S/C57H45N2/c1-57(2)52-20-12-10-18-48(52)49-34-31-44(36-53(49)57)58(45-32-35-51-50-19-11-13-21-54(50)59(3,4)55(51)37-45)43-29-26-41(27-30-43)47-33-28-40-16-8-9-17-46(40)56(47)42-24-22-39(23-25-42)38-14-6-5-7-15-38/h5-37H,1-4H3/q+1/i1D3,2D3,3D3,4D3,10D,11D,12D,13D,18D,19D,20D,21D,31D,32D,34D,35D,36D,37D. The van der Waals surface area contributed by atoms with Crippen molar-refractivity contribution in [2.75, 3.05) is 18.9 Å². The average molecular weight is 784 g/mol. The van der Waals surface area contributed by atoms with Crippen LogP contribution in [0.2, 0.25) is 0 Å². The maximum atomic E-state index is 10.2. The monoisotopic (exact) mass is 784 g/mol. The molecule has 9 aromatic rings. The van der Waals surface area contributed by atoms with Crippen molar-refractivity contribution in [1.29, 1.82) is 0 Å². The van der Waals surface area contributed by atoms with Gasteiger partial charge in [-0.25, -0.2) is 0 Å². The molecule has 2 nitrogen and oxygen atoms in total. The van der Waals surface area contributed by atoms with Crippen molar-refractivity contribution in [3.63, 3.8) is 0 Å². The number of anilines is 3. The van der Waals surface area contributed by atoms with Gasteiger partial charge in [0.25, 0.3) is 0 Å². The van der Waals surface area contributed by atoms with E-state index in [-0.39, 0.29) is 5.69 Å². The van der Waals surface area contributed by atoms with E-state index in [4.69, 9.17) is 27.4 Å². The molecule has 1 heterocycles. The van der Waals surface area contributed by atoms with Crippen molar-refractivity contribution in [3.8, 4) is 55.6 Å². The molecule has 0 fully saturated rings. The Hall–Kier alpha value is -7.00. The highest BCUT2D eigenvalue weighted by atomic mass is 15.3. The first-order chi connectivity index (χ1) is 39.6. The summed E-state index contributed by atoms with van der Waals surface area (Å²) in [7, 11) is 0. The van der Waals surface area contributed by atoms with E-state index in [2.05, 4.69) is 0 Å². The Balaban J connectivity index is 1.27. The number of hydrogen-bond donors (Lipinski definition) is 0. The first kappa shape index (κ1) is 17.5. The number of benzene rings is 9. The van der Waals surface area contributed by atoms with E-state index in [1.165, 1.54) is 12.1 Å². The summed E-state index contributed by atoms with van der Waals surface area (Å²) in [6.45, 7) is -15.7. The van der Waals surface area contributed by atoms with Gasteiger partial charge in [-0.2, -0.15) is 0 Å². The summed E-state index contributed by atoms with van der Waals surface area (Å²) >= 11 is 0. The van der Waals surface area contributed by atoms with Crippen LogP contribution in [-0.4, -0.2) is 14.0 Å². The zero-order chi connectivity index (χ0) is 62.1. The fourth-order valence-electron chi connectivity index (χ4n) is 8.11. The van der Waals surface area contributed by atoms with Crippen LogP contribution < -0.4 is 9.38 Å². The van der Waals surface area contributed by atoms with Crippen LogP contribution in [0.1, 0.15) is 60.5 Å². The number of fused-ring (bicyclic) bond motifs is 7. The van der Waals surface area contributed by atoms with Gasteiger partial charge in [-0.05, 0) is 109 Å². The van der Waals surface area contributed by atoms with Crippen LogP contribution in [0.5, 0.6) is 0 Å². The third-order valence-corrected chi connectivity index (χ3v) is 10.9. The molecule has 0 saturated heterocycles. The molecule has 0 saturated carbocycles. The second kappa shape index (κ2) is 13.3. The molecule has 0 radical (unpaired) electrons. The van der Waals surface area contributed by atoms with Crippen LogP contribution in [0.15, 0.2) is 200 Å². The maximum Gasteiger partial charge on any atom is 0.147 e. The van der Waals surface area contributed by atoms with E-state index in [9.17, 15) is 8.22 Å². The average Bonchev–Trinajstić information content (AvgIpc) is 1.53. The van der Waals surface area contributed by atoms with Crippen LogP contribution in [0.25, 0.3) is 66.4 Å². The summed E-state index contributed by atoms with van der Waals surface area (Å²) in [6.07, 6.45) is 0. The first-order valence-electron chi connectivity index (χ1n) is 31.6. The van der Waals surface area contributed by atoms with Crippen LogP contribution in [0.4, 0.5) is 28.4 Å². The quantitative estimate of drug-likeness (QED) is 0.152. The van der Waals surface area contributed by atoms with Crippen molar-refractivity contribution >= 4 is 39.2 Å². The lowest BCUT2D eigenvalue weighted by Crippen LogP contribution is -2.32. The minimum Gasteiger partial charge on any atom is -0.310 e. The molecule has 2 aliphatic rings. The first-order valence-corrected chi connectivity index (χ1v) is 18.6. The number of quaternary nitrogens is 1. The van der Waals surface area contributed by atoms with E-state index < -0.39 is 178 Å². The maximum absolute atomic E-state index is 10.2. The van der Waals surface area contributed by atoms with Gasteiger partial charge in [0.05, 0.1) is 47.1 Å². The summed E-state index contributed by atoms with van der Waals surface area (Å²) in [5, 5.41) is 1.70. The van der Waals surface area contributed by atoms with Crippen molar-refractivity contribution < 1.29 is 35.6 Å². The predicted octanol–water partition coefficient (Wildman–Crippen LogP) is 15.5. The summed E-state index contributed by atoms with van der Waals surface area (Å²) in [5.41, 5.74) is -9.08. The number of para-hydroxylation sites is 1. The van der Waals surface area contributed by atoms with Crippen molar-refractivity contribution in [3.05, 3.63) is 211 Å². The topological polar surface area (TPSA) is 3.24 Å². The van der Waals surface area contributed by atoms with Gasteiger partial charge in [0.2, 0.25) is 0 Å². The second-order valence-corrected chi connectivity index (χ2v) is 14.4. The molecule has 0 aromatic heterocycles. The fourth-order valence-corrected chi connectivity index (χ4v) is 8.11. The number of nitrogens with zero attached hydrogens (tertiary/aromatic N) is 2. The zero-order valence-electron chi connectivity index (χ0n) is 56.9. The Kier molecular flexibility index (Phi) is 3.93. The van der Waals surface area contributed by atoms with Crippen LogP contribution in [-0.2, 0) is 5.41 Å². The Bertz CT molecular complexity index is 4130. The highest BCUT2D eigenvalue weighted by molar-refractivity contribution is 6.04. The SMILES string of the molecule is [2H]c1c([2H])c([2H])c2c(c1[2H])-c1c([2H])c([2H])c(N(c3ccc(-c4ccc5ccccc5c4-c4ccc(-c5ccccc5)cc4)cc3)c3c([2H])c([2H])c4c(c3[2H])[N+](C([2H])([2H])[2H])(C([2H])([2H])[2H])c3c([2H])c([2H])c([2H])c([2H])c3-4)c([2H])c1C2(C([2H])([2H])[2H])C([2H])([2H])[2H]. The molecule has 9 aromatic carbocycles. The van der Waals surface area contributed by atoms with Gasteiger partial charge >= 0.3 is 0 Å². The molecule has 1 aliphatic heterocycles. The molecule has 0 spiro atoms. The van der Waals surface area contributed by atoms with Crippen LogP contribution in [0, 0.1) is 0 Å².